The van der Waals surface area contributed by atoms with Crippen molar-refractivity contribution in [1.29, 1.82) is 0 Å². The Morgan fingerprint density at radius 1 is 1.17 bits per heavy atom. The molecule has 188 valence electrons. The van der Waals surface area contributed by atoms with Gasteiger partial charge < -0.3 is 15.2 Å². The number of rotatable bonds is 5. The number of alkyl halides is 2. The number of piperidine rings is 1. The van der Waals surface area contributed by atoms with Crippen molar-refractivity contribution >= 4 is 28.4 Å². The summed E-state index contributed by atoms with van der Waals surface area (Å²) in [7, 11) is 0. The SMILES string of the molecule is O=C(c1cnn2ccc(-c3c[nH]c4nc(NCC5CCC(F)(F)CC5)ncc34)cc12)N1CCCCC1. The van der Waals surface area contributed by atoms with E-state index in [2.05, 4.69) is 25.4 Å². The van der Waals surface area contributed by atoms with E-state index in [9.17, 15) is 13.6 Å². The number of aromatic nitrogens is 5. The van der Waals surface area contributed by atoms with Gasteiger partial charge in [0, 0.05) is 62.0 Å². The molecule has 2 fully saturated rings. The van der Waals surface area contributed by atoms with Gasteiger partial charge in [0.1, 0.15) is 5.65 Å². The highest BCUT2D eigenvalue weighted by Crippen LogP contribution is 2.36. The summed E-state index contributed by atoms with van der Waals surface area (Å²) in [6.07, 6.45) is 11.3. The molecule has 0 atom stereocenters. The van der Waals surface area contributed by atoms with Crippen molar-refractivity contribution in [2.45, 2.75) is 50.9 Å². The van der Waals surface area contributed by atoms with Crippen LogP contribution in [-0.4, -0.2) is 60.9 Å². The highest BCUT2D eigenvalue weighted by atomic mass is 19.3. The van der Waals surface area contributed by atoms with Gasteiger partial charge in [-0.2, -0.15) is 10.1 Å². The first-order valence-corrected chi connectivity index (χ1v) is 12.7. The molecule has 4 aromatic heterocycles. The van der Waals surface area contributed by atoms with E-state index in [0.29, 0.717) is 36.5 Å². The number of likely N-dealkylation sites (tertiary alicyclic amines) is 1. The molecular formula is C26H29F2N7O. The van der Waals surface area contributed by atoms with Crippen molar-refractivity contribution in [3.05, 3.63) is 42.5 Å². The van der Waals surface area contributed by atoms with E-state index >= 15 is 0 Å². The molecule has 1 saturated heterocycles. The third-order valence-electron chi connectivity index (χ3n) is 7.52. The lowest BCUT2D eigenvalue weighted by Gasteiger charge is -2.28. The Bertz CT molecular complexity index is 1400. The largest absolute Gasteiger partial charge is 0.354 e. The number of carbonyl (C=O) groups is 1. The highest BCUT2D eigenvalue weighted by molar-refractivity contribution is 6.02. The first kappa shape index (κ1) is 22.9. The second-order valence-corrected chi connectivity index (χ2v) is 9.99. The van der Waals surface area contributed by atoms with E-state index in [1.807, 2.05) is 29.4 Å². The Kier molecular flexibility index (Phi) is 5.81. The first-order valence-electron chi connectivity index (χ1n) is 12.7. The average Bonchev–Trinajstić information content (AvgIpc) is 3.52. The van der Waals surface area contributed by atoms with Crippen LogP contribution in [0.5, 0.6) is 0 Å². The Morgan fingerprint density at radius 2 is 1.97 bits per heavy atom. The van der Waals surface area contributed by atoms with E-state index in [0.717, 1.165) is 48.0 Å². The van der Waals surface area contributed by atoms with Crippen LogP contribution in [0.3, 0.4) is 0 Å². The second kappa shape index (κ2) is 9.15. The van der Waals surface area contributed by atoms with Gasteiger partial charge in [-0.3, -0.25) is 4.79 Å². The number of aromatic amines is 1. The fraction of sp³-hybridized carbons (Fsp3) is 0.462. The molecule has 0 spiro atoms. The monoisotopic (exact) mass is 493 g/mol. The van der Waals surface area contributed by atoms with E-state index in [-0.39, 0.29) is 24.7 Å². The smallest absolute Gasteiger partial charge is 0.257 e. The molecule has 5 heterocycles. The molecule has 36 heavy (non-hydrogen) atoms. The topological polar surface area (TPSA) is 91.2 Å². The van der Waals surface area contributed by atoms with E-state index in [4.69, 9.17) is 0 Å². The average molecular weight is 494 g/mol. The number of hydrogen-bond donors (Lipinski definition) is 2. The minimum Gasteiger partial charge on any atom is -0.354 e. The molecule has 8 nitrogen and oxygen atoms in total. The summed E-state index contributed by atoms with van der Waals surface area (Å²) in [5, 5.41) is 8.46. The van der Waals surface area contributed by atoms with E-state index in [1.54, 1.807) is 16.9 Å². The van der Waals surface area contributed by atoms with Crippen molar-refractivity contribution in [3.8, 4) is 11.1 Å². The maximum Gasteiger partial charge on any atom is 0.257 e. The number of nitrogens with one attached hydrogen (secondary N) is 2. The van der Waals surface area contributed by atoms with Crippen LogP contribution in [0.25, 0.3) is 27.7 Å². The van der Waals surface area contributed by atoms with Crippen molar-refractivity contribution in [2.75, 3.05) is 25.0 Å². The van der Waals surface area contributed by atoms with Crippen LogP contribution in [0.4, 0.5) is 14.7 Å². The predicted octanol–water partition coefficient (Wildman–Crippen LogP) is 5.14. The summed E-state index contributed by atoms with van der Waals surface area (Å²) in [5.41, 5.74) is 3.95. The normalized spacial score (nSPS) is 18.7. The number of fused-ring (bicyclic) bond motifs is 2. The molecule has 0 bridgehead atoms. The van der Waals surface area contributed by atoms with Crippen molar-refractivity contribution in [3.63, 3.8) is 0 Å². The maximum atomic E-state index is 13.4. The fourth-order valence-electron chi connectivity index (χ4n) is 5.35. The van der Waals surface area contributed by atoms with Crippen LogP contribution in [0.1, 0.15) is 55.3 Å². The second-order valence-electron chi connectivity index (χ2n) is 9.99. The summed E-state index contributed by atoms with van der Waals surface area (Å²) in [5.74, 6) is -1.81. The van der Waals surface area contributed by atoms with E-state index in [1.165, 1.54) is 6.42 Å². The number of H-pyrrole nitrogens is 1. The van der Waals surface area contributed by atoms with Gasteiger partial charge in [-0.15, -0.1) is 0 Å². The molecular weight excluding hydrogens is 464 g/mol. The number of amides is 1. The third kappa shape index (κ3) is 4.40. The third-order valence-corrected chi connectivity index (χ3v) is 7.52. The quantitative estimate of drug-likeness (QED) is 0.402. The van der Waals surface area contributed by atoms with Crippen molar-refractivity contribution < 1.29 is 13.6 Å². The minimum atomic E-state index is -2.52. The number of hydrogen-bond acceptors (Lipinski definition) is 5. The van der Waals surface area contributed by atoms with Crippen LogP contribution in [-0.2, 0) is 0 Å². The molecule has 4 aromatic rings. The van der Waals surface area contributed by atoms with Gasteiger partial charge in [0.05, 0.1) is 17.3 Å². The number of anilines is 1. The molecule has 2 N–H and O–H groups in total. The lowest BCUT2D eigenvalue weighted by atomic mass is 9.87. The molecule has 2 aliphatic rings. The summed E-state index contributed by atoms with van der Waals surface area (Å²) in [6, 6.07) is 3.95. The minimum absolute atomic E-state index is 0.0292. The van der Waals surface area contributed by atoms with Gasteiger partial charge >= 0.3 is 0 Å². The lowest BCUT2D eigenvalue weighted by Crippen LogP contribution is -2.35. The standard InChI is InChI=1S/C26H29F2N7O/c27-26(28)7-4-17(5-8-26)13-30-25-31-15-20-19(14-29-23(20)33-25)18-6-11-35-22(12-18)21(16-32-35)24(36)34-9-2-1-3-10-34/h6,11-12,14-17H,1-5,7-10,13H2,(H2,29,30,31,33). The Labute approximate surface area is 207 Å². The van der Waals surface area contributed by atoms with Gasteiger partial charge in [-0.1, -0.05) is 0 Å². The Morgan fingerprint density at radius 3 is 2.78 bits per heavy atom. The highest BCUT2D eigenvalue weighted by Gasteiger charge is 2.34. The molecule has 1 aliphatic carbocycles. The Balaban J connectivity index is 1.22. The van der Waals surface area contributed by atoms with Crippen LogP contribution in [0, 0.1) is 5.92 Å². The van der Waals surface area contributed by atoms with Gasteiger partial charge in [0.25, 0.3) is 5.91 Å². The zero-order chi connectivity index (χ0) is 24.7. The lowest BCUT2D eigenvalue weighted by molar-refractivity contribution is -0.0443. The molecule has 1 saturated carbocycles. The van der Waals surface area contributed by atoms with Gasteiger partial charge in [-0.05, 0) is 55.7 Å². The van der Waals surface area contributed by atoms with Crippen LogP contribution >= 0.6 is 0 Å². The molecule has 1 aliphatic heterocycles. The maximum absolute atomic E-state index is 13.4. The van der Waals surface area contributed by atoms with Crippen molar-refractivity contribution in [2.24, 2.45) is 5.92 Å². The molecule has 0 aromatic carbocycles. The zero-order valence-corrected chi connectivity index (χ0v) is 20.0. The zero-order valence-electron chi connectivity index (χ0n) is 20.0. The van der Waals surface area contributed by atoms with Gasteiger partial charge in [0.2, 0.25) is 11.9 Å². The molecule has 10 heteroatoms. The van der Waals surface area contributed by atoms with Gasteiger partial charge in [0.15, 0.2) is 0 Å². The summed E-state index contributed by atoms with van der Waals surface area (Å²) < 4.78 is 28.5. The Hall–Kier alpha value is -3.56. The molecule has 1 amide bonds. The fourth-order valence-corrected chi connectivity index (χ4v) is 5.35. The summed E-state index contributed by atoms with van der Waals surface area (Å²) >= 11 is 0. The van der Waals surface area contributed by atoms with Crippen LogP contribution in [0.15, 0.2) is 36.9 Å². The van der Waals surface area contributed by atoms with Gasteiger partial charge in [-0.25, -0.2) is 18.3 Å². The predicted molar refractivity (Wildman–Crippen MR) is 133 cm³/mol. The molecule has 6 rings (SSSR count). The number of nitrogens with zero attached hydrogens (tertiary/aromatic N) is 5. The van der Waals surface area contributed by atoms with Crippen LogP contribution in [0.2, 0.25) is 0 Å². The molecule has 0 radical (unpaired) electrons. The number of carbonyl (C=O) groups excluding carboxylic acids is 1. The van der Waals surface area contributed by atoms with Crippen molar-refractivity contribution in [1.82, 2.24) is 29.5 Å². The summed E-state index contributed by atoms with van der Waals surface area (Å²) in [6.45, 7) is 2.17. The summed E-state index contributed by atoms with van der Waals surface area (Å²) in [4.78, 5) is 27.3. The van der Waals surface area contributed by atoms with Crippen LogP contribution < -0.4 is 5.32 Å². The first-order chi connectivity index (χ1) is 17.5. The van der Waals surface area contributed by atoms with E-state index < -0.39 is 5.92 Å². The number of halogens is 2. The number of pyridine rings is 1. The molecule has 0 unspecified atom stereocenters.